The Balaban J connectivity index is 1.14. The molecule has 0 radical (unpaired) electrons. The predicted octanol–water partition coefficient (Wildman–Crippen LogP) is 11.6. The maximum atomic E-state index is 6.47. The van der Waals surface area contributed by atoms with Gasteiger partial charge in [-0.3, -0.25) is 4.98 Å². The molecule has 246 valence electrons. The number of rotatable bonds is 5. The first kappa shape index (κ1) is 30.1. The molecule has 0 spiro atoms. The third-order valence-electron chi connectivity index (χ3n) is 10.2. The Morgan fingerprint density at radius 1 is 0.481 bits per heavy atom. The van der Waals surface area contributed by atoms with Gasteiger partial charge in [-0.15, -0.1) is 0 Å². The van der Waals surface area contributed by atoms with E-state index < -0.39 is 0 Å². The first-order valence-corrected chi connectivity index (χ1v) is 17.7. The van der Waals surface area contributed by atoms with Crippen LogP contribution in [0.3, 0.4) is 0 Å². The highest BCUT2D eigenvalue weighted by Crippen LogP contribution is 2.44. The number of aromatic nitrogens is 4. The van der Waals surface area contributed by atoms with Gasteiger partial charge in [0.15, 0.2) is 17.5 Å². The molecule has 0 saturated heterocycles. The summed E-state index contributed by atoms with van der Waals surface area (Å²) in [5.74, 6) is 2.16. The van der Waals surface area contributed by atoms with Crippen LogP contribution < -0.4 is 0 Å². The van der Waals surface area contributed by atoms with E-state index in [-0.39, 0.29) is 0 Å². The molecule has 9 aromatic rings. The van der Waals surface area contributed by atoms with Crippen molar-refractivity contribution in [2.24, 2.45) is 0 Å². The highest BCUT2D eigenvalue weighted by Gasteiger charge is 2.25. The summed E-state index contributed by atoms with van der Waals surface area (Å²) in [7, 11) is 0. The summed E-state index contributed by atoms with van der Waals surface area (Å²) in [6.45, 7) is 0. The van der Waals surface area contributed by atoms with Crippen molar-refractivity contribution in [3.8, 4) is 56.4 Å². The Hall–Kier alpha value is -6.72. The lowest BCUT2D eigenvalue weighted by Crippen LogP contribution is -2.02. The fourth-order valence-electron chi connectivity index (χ4n) is 7.75. The van der Waals surface area contributed by atoms with E-state index in [1.807, 2.05) is 79.0 Å². The van der Waals surface area contributed by atoms with Gasteiger partial charge in [0.2, 0.25) is 0 Å². The summed E-state index contributed by atoms with van der Waals surface area (Å²) in [6, 6.07) is 54.9. The predicted molar refractivity (Wildman–Crippen MR) is 209 cm³/mol. The molecule has 0 amide bonds. The Morgan fingerprint density at radius 3 is 1.88 bits per heavy atom. The maximum absolute atomic E-state index is 6.47. The largest absolute Gasteiger partial charge is 0.456 e. The molecule has 1 unspecified atom stereocenters. The number of hydrogen-bond acceptors (Lipinski definition) is 5. The zero-order valence-electron chi connectivity index (χ0n) is 28.3. The van der Waals surface area contributed by atoms with E-state index in [0.29, 0.717) is 23.4 Å². The van der Waals surface area contributed by atoms with E-state index in [1.165, 1.54) is 22.3 Å². The Kier molecular flexibility index (Phi) is 7.28. The second-order valence-corrected chi connectivity index (χ2v) is 13.3. The van der Waals surface area contributed by atoms with Crippen LogP contribution in [0, 0.1) is 0 Å². The van der Waals surface area contributed by atoms with Gasteiger partial charge in [0.1, 0.15) is 11.2 Å². The van der Waals surface area contributed by atoms with Gasteiger partial charge in [0.25, 0.3) is 0 Å². The fourth-order valence-corrected chi connectivity index (χ4v) is 7.75. The van der Waals surface area contributed by atoms with Gasteiger partial charge in [-0.1, -0.05) is 127 Å². The van der Waals surface area contributed by atoms with Crippen LogP contribution in [0.25, 0.3) is 78.4 Å². The first-order valence-electron chi connectivity index (χ1n) is 17.7. The second kappa shape index (κ2) is 12.6. The van der Waals surface area contributed by atoms with Gasteiger partial charge in [0, 0.05) is 50.8 Å². The van der Waals surface area contributed by atoms with E-state index in [2.05, 4.69) is 84.9 Å². The molecule has 0 saturated carbocycles. The fraction of sp³-hybridized carbons (Fsp3) is 0.0638. The quantitative estimate of drug-likeness (QED) is 0.183. The van der Waals surface area contributed by atoms with Crippen molar-refractivity contribution in [1.82, 2.24) is 19.9 Å². The number of furan rings is 1. The number of nitrogens with zero attached hydrogens (tertiary/aromatic N) is 4. The van der Waals surface area contributed by atoms with Crippen LogP contribution in [0.4, 0.5) is 0 Å². The van der Waals surface area contributed by atoms with Crippen molar-refractivity contribution in [3.63, 3.8) is 0 Å². The van der Waals surface area contributed by atoms with Crippen molar-refractivity contribution >= 4 is 21.9 Å². The van der Waals surface area contributed by atoms with Crippen molar-refractivity contribution in [2.75, 3.05) is 0 Å². The first-order chi connectivity index (χ1) is 25.8. The Bertz CT molecular complexity index is 2680. The van der Waals surface area contributed by atoms with Gasteiger partial charge in [-0.25, -0.2) is 15.0 Å². The summed E-state index contributed by atoms with van der Waals surface area (Å²) in [4.78, 5) is 19.9. The summed E-state index contributed by atoms with van der Waals surface area (Å²) in [6.07, 6.45) is 3.87. The lowest BCUT2D eigenvalue weighted by atomic mass is 9.84. The van der Waals surface area contributed by atoms with E-state index in [1.54, 1.807) is 0 Å². The highest BCUT2D eigenvalue weighted by atomic mass is 16.3. The van der Waals surface area contributed by atoms with E-state index >= 15 is 0 Å². The summed E-state index contributed by atoms with van der Waals surface area (Å²) >= 11 is 0. The van der Waals surface area contributed by atoms with E-state index in [4.69, 9.17) is 24.4 Å². The van der Waals surface area contributed by atoms with Gasteiger partial charge < -0.3 is 4.42 Å². The summed E-state index contributed by atoms with van der Waals surface area (Å²) < 4.78 is 6.47. The SMILES string of the molecule is c1ccc(-c2nc(-c3ccccc3)nc(-c3cccc4oc5ccc(-c6ccc7c(c6)-c6cccnc6CCC7c6ccccc6)cc5c34)n2)cc1. The molecule has 3 aromatic heterocycles. The van der Waals surface area contributed by atoms with Crippen molar-refractivity contribution < 1.29 is 4.42 Å². The second-order valence-electron chi connectivity index (χ2n) is 13.3. The zero-order valence-corrected chi connectivity index (χ0v) is 28.3. The number of pyridine rings is 1. The zero-order chi connectivity index (χ0) is 34.4. The van der Waals surface area contributed by atoms with Crippen molar-refractivity contribution in [1.29, 1.82) is 0 Å². The molecular formula is C47H32N4O. The number of aryl methyl sites for hydroxylation is 1. The average molecular weight is 669 g/mol. The molecule has 1 atom stereocenters. The van der Waals surface area contributed by atoms with Gasteiger partial charge in [0.05, 0.1) is 0 Å². The molecule has 0 bridgehead atoms. The molecular weight excluding hydrogens is 637 g/mol. The number of benzene rings is 6. The van der Waals surface area contributed by atoms with Crippen molar-refractivity contribution in [3.05, 3.63) is 181 Å². The molecule has 3 heterocycles. The maximum Gasteiger partial charge on any atom is 0.164 e. The molecule has 52 heavy (non-hydrogen) atoms. The van der Waals surface area contributed by atoms with Gasteiger partial charge in [-0.05, 0) is 71.0 Å². The van der Waals surface area contributed by atoms with Crippen LogP contribution in [0.2, 0.25) is 0 Å². The topological polar surface area (TPSA) is 64.7 Å². The van der Waals surface area contributed by atoms with Crippen LogP contribution in [0.15, 0.2) is 168 Å². The van der Waals surface area contributed by atoms with Gasteiger partial charge in [-0.2, -0.15) is 0 Å². The Morgan fingerprint density at radius 2 is 1.13 bits per heavy atom. The summed E-state index contributed by atoms with van der Waals surface area (Å²) in [5, 5.41) is 2.00. The number of fused-ring (bicyclic) bond motifs is 6. The standard InChI is InChI=1S/C47H32N4O/c1-4-12-30(13-5-1)35-24-25-41-37(19-11-27-48-41)39-28-33(21-23-36(35)39)34-22-26-42-40(29-34)44-38(18-10-20-43(44)52-42)47-50-45(31-14-6-2-7-15-31)49-46(51-47)32-16-8-3-9-17-32/h1-23,26-29,35H,24-25H2. The molecule has 6 aromatic carbocycles. The molecule has 10 rings (SSSR count). The Labute approximate surface area is 301 Å². The van der Waals surface area contributed by atoms with E-state index in [0.717, 1.165) is 68.3 Å². The minimum Gasteiger partial charge on any atom is -0.456 e. The molecule has 0 N–H and O–H groups in total. The van der Waals surface area contributed by atoms with Crippen LogP contribution in [0.1, 0.15) is 29.2 Å². The monoisotopic (exact) mass is 668 g/mol. The molecule has 5 heteroatoms. The summed E-state index contributed by atoms with van der Waals surface area (Å²) in [5.41, 5.74) is 12.9. The molecule has 0 aliphatic heterocycles. The third kappa shape index (κ3) is 5.26. The minimum absolute atomic E-state index is 0.296. The lowest BCUT2D eigenvalue weighted by Gasteiger charge is -2.19. The van der Waals surface area contributed by atoms with Crippen LogP contribution in [-0.2, 0) is 6.42 Å². The lowest BCUT2D eigenvalue weighted by molar-refractivity contribution is 0.669. The van der Waals surface area contributed by atoms with Crippen LogP contribution in [-0.4, -0.2) is 19.9 Å². The highest BCUT2D eigenvalue weighted by molar-refractivity contribution is 6.12. The average Bonchev–Trinajstić information content (AvgIpc) is 3.52. The van der Waals surface area contributed by atoms with Crippen molar-refractivity contribution in [2.45, 2.75) is 18.8 Å². The number of hydrogen-bond donors (Lipinski definition) is 0. The molecule has 0 fully saturated rings. The normalized spacial score (nSPS) is 13.8. The van der Waals surface area contributed by atoms with E-state index in [9.17, 15) is 0 Å². The van der Waals surface area contributed by atoms with Crippen LogP contribution in [0.5, 0.6) is 0 Å². The minimum atomic E-state index is 0.296. The third-order valence-corrected chi connectivity index (χ3v) is 10.2. The molecule has 5 nitrogen and oxygen atoms in total. The molecule has 1 aliphatic rings. The molecule has 1 aliphatic carbocycles. The smallest absolute Gasteiger partial charge is 0.164 e. The van der Waals surface area contributed by atoms with Gasteiger partial charge >= 0.3 is 0 Å². The van der Waals surface area contributed by atoms with Crippen LogP contribution >= 0.6 is 0 Å².